The number of amides is 2. The van der Waals surface area contributed by atoms with Crippen molar-refractivity contribution in [1.29, 1.82) is 0 Å². The number of nitrogens with zero attached hydrogens (tertiary/aromatic N) is 1. The number of carbonyl (C=O) groups excluding carboxylic acids is 2. The molecule has 0 aromatic heterocycles. The van der Waals surface area contributed by atoms with Crippen molar-refractivity contribution in [1.82, 2.24) is 10.2 Å². The van der Waals surface area contributed by atoms with E-state index in [9.17, 15) is 9.59 Å². The Morgan fingerprint density at radius 1 is 1.00 bits per heavy atom. The number of nitrogens with one attached hydrogen (secondary N) is 1. The lowest BCUT2D eigenvalue weighted by Gasteiger charge is -2.29. The summed E-state index contributed by atoms with van der Waals surface area (Å²) in [6.45, 7) is 5.30. The van der Waals surface area contributed by atoms with Crippen molar-refractivity contribution in [3.63, 3.8) is 0 Å². The summed E-state index contributed by atoms with van der Waals surface area (Å²) < 4.78 is 5.57. The molecule has 2 aromatic rings. The first-order valence-electron chi connectivity index (χ1n) is 9.09. The van der Waals surface area contributed by atoms with Crippen LogP contribution in [0.15, 0.2) is 42.5 Å². The van der Waals surface area contributed by atoms with Crippen LogP contribution in [0.5, 0.6) is 5.75 Å². The molecule has 1 atom stereocenters. The molecular weight excluding hydrogens is 435 g/mol. The molecule has 2 rings (SSSR count). The Balaban J connectivity index is 2.18. The van der Waals surface area contributed by atoms with Crippen LogP contribution in [0.3, 0.4) is 0 Å². The summed E-state index contributed by atoms with van der Waals surface area (Å²) in [6.07, 6.45) is 0. The molecule has 0 aliphatic rings. The molecule has 0 saturated carbocycles. The Bertz CT molecular complexity index is 857. The maximum absolute atomic E-state index is 12.9. The van der Waals surface area contributed by atoms with Crippen LogP contribution in [0.2, 0.25) is 15.1 Å². The molecular formula is C21H23Cl3N2O3. The number of halogens is 3. The van der Waals surface area contributed by atoms with Crippen LogP contribution in [-0.4, -0.2) is 35.4 Å². The van der Waals surface area contributed by atoms with E-state index in [4.69, 9.17) is 39.5 Å². The molecule has 0 spiro atoms. The molecule has 0 saturated heterocycles. The zero-order valence-corrected chi connectivity index (χ0v) is 18.7. The Morgan fingerprint density at radius 3 is 2.21 bits per heavy atom. The lowest BCUT2D eigenvalue weighted by atomic mass is 10.1. The van der Waals surface area contributed by atoms with Crippen LogP contribution in [0.4, 0.5) is 0 Å². The van der Waals surface area contributed by atoms with Crippen LogP contribution in [0, 0.1) is 0 Å². The third-order valence-electron chi connectivity index (χ3n) is 4.13. The first-order chi connectivity index (χ1) is 13.7. The number of ether oxygens (including phenoxy) is 1. The zero-order chi connectivity index (χ0) is 21.6. The largest absolute Gasteiger partial charge is 0.484 e. The predicted molar refractivity (Wildman–Crippen MR) is 117 cm³/mol. The number of hydrogen-bond acceptors (Lipinski definition) is 3. The fraction of sp³-hybridized carbons (Fsp3) is 0.333. The molecule has 0 unspecified atom stereocenters. The molecule has 5 nitrogen and oxygen atoms in total. The monoisotopic (exact) mass is 456 g/mol. The highest BCUT2D eigenvalue weighted by atomic mass is 35.5. The van der Waals surface area contributed by atoms with Crippen molar-refractivity contribution >= 4 is 46.6 Å². The van der Waals surface area contributed by atoms with Crippen molar-refractivity contribution in [2.45, 2.75) is 39.4 Å². The van der Waals surface area contributed by atoms with Crippen molar-refractivity contribution in [2.24, 2.45) is 0 Å². The Labute approximate surface area is 185 Å². The Kier molecular flexibility index (Phi) is 8.62. The van der Waals surface area contributed by atoms with Gasteiger partial charge in [0.1, 0.15) is 11.8 Å². The van der Waals surface area contributed by atoms with Gasteiger partial charge in [-0.05, 0) is 62.7 Å². The van der Waals surface area contributed by atoms with E-state index >= 15 is 0 Å². The van der Waals surface area contributed by atoms with E-state index in [2.05, 4.69) is 5.32 Å². The van der Waals surface area contributed by atoms with Gasteiger partial charge in [-0.1, -0.05) is 40.9 Å². The molecule has 2 aromatic carbocycles. The summed E-state index contributed by atoms with van der Waals surface area (Å²) in [5, 5.41) is 4.31. The van der Waals surface area contributed by atoms with Crippen molar-refractivity contribution in [3.05, 3.63) is 63.1 Å². The summed E-state index contributed by atoms with van der Waals surface area (Å²) in [5.74, 6) is -0.103. The third-order valence-corrected chi connectivity index (χ3v) is 4.97. The highest BCUT2D eigenvalue weighted by Gasteiger charge is 2.27. The minimum Gasteiger partial charge on any atom is -0.484 e. The van der Waals surface area contributed by atoms with Gasteiger partial charge in [0, 0.05) is 27.7 Å². The van der Waals surface area contributed by atoms with Gasteiger partial charge in [-0.2, -0.15) is 0 Å². The van der Waals surface area contributed by atoms with Crippen LogP contribution in [0.25, 0.3) is 0 Å². The van der Waals surface area contributed by atoms with Gasteiger partial charge in [-0.25, -0.2) is 0 Å². The normalized spacial score (nSPS) is 11.8. The SMILES string of the molecule is CC(C)NC(=O)[C@@H](C)N(Cc1ccc(Cl)cc1Cl)C(=O)COc1ccc(Cl)cc1. The van der Waals surface area contributed by atoms with Gasteiger partial charge in [-0.15, -0.1) is 0 Å². The second-order valence-corrected chi connectivity index (χ2v) is 8.12. The first kappa shape index (κ1) is 23.3. The Morgan fingerprint density at radius 2 is 1.62 bits per heavy atom. The average Bonchev–Trinajstić information content (AvgIpc) is 2.65. The van der Waals surface area contributed by atoms with Crippen molar-refractivity contribution in [3.8, 4) is 5.75 Å². The molecule has 0 heterocycles. The number of hydrogen-bond donors (Lipinski definition) is 1. The van der Waals surface area contributed by atoms with Gasteiger partial charge in [0.15, 0.2) is 6.61 Å². The van der Waals surface area contributed by atoms with E-state index in [1.807, 2.05) is 13.8 Å². The second-order valence-electron chi connectivity index (χ2n) is 6.84. The maximum Gasteiger partial charge on any atom is 0.261 e. The number of benzene rings is 2. The first-order valence-corrected chi connectivity index (χ1v) is 10.2. The topological polar surface area (TPSA) is 58.6 Å². The molecule has 156 valence electrons. The fourth-order valence-corrected chi connectivity index (χ4v) is 3.17. The van der Waals surface area contributed by atoms with E-state index in [1.165, 1.54) is 4.90 Å². The molecule has 29 heavy (non-hydrogen) atoms. The molecule has 0 radical (unpaired) electrons. The number of carbonyl (C=O) groups is 2. The number of rotatable bonds is 8. The highest BCUT2D eigenvalue weighted by Crippen LogP contribution is 2.23. The van der Waals surface area contributed by atoms with E-state index < -0.39 is 6.04 Å². The average molecular weight is 458 g/mol. The molecule has 0 fully saturated rings. The van der Waals surface area contributed by atoms with E-state index in [1.54, 1.807) is 49.4 Å². The van der Waals surface area contributed by atoms with Gasteiger partial charge >= 0.3 is 0 Å². The van der Waals surface area contributed by atoms with Gasteiger partial charge in [0.2, 0.25) is 5.91 Å². The summed E-state index contributed by atoms with van der Waals surface area (Å²) in [5.41, 5.74) is 0.681. The maximum atomic E-state index is 12.9. The molecule has 0 aliphatic heterocycles. The molecule has 1 N–H and O–H groups in total. The lowest BCUT2D eigenvalue weighted by molar-refractivity contribution is -0.142. The third kappa shape index (κ3) is 7.11. The standard InChI is InChI=1S/C21H23Cl3N2O3/c1-13(2)25-21(28)14(3)26(11-15-4-5-17(23)10-19(15)24)20(27)12-29-18-8-6-16(22)7-9-18/h4-10,13-14H,11-12H2,1-3H3,(H,25,28)/t14-/m1/s1. The second kappa shape index (κ2) is 10.7. The smallest absolute Gasteiger partial charge is 0.261 e. The van der Waals surface area contributed by atoms with Crippen molar-refractivity contribution in [2.75, 3.05) is 6.61 Å². The minimum atomic E-state index is -0.717. The van der Waals surface area contributed by atoms with Gasteiger partial charge in [-0.3, -0.25) is 9.59 Å². The summed E-state index contributed by atoms with van der Waals surface area (Å²) in [4.78, 5) is 26.9. The molecule has 2 amide bonds. The van der Waals surface area contributed by atoms with E-state index in [-0.39, 0.29) is 31.0 Å². The summed E-state index contributed by atoms with van der Waals surface area (Å²) in [7, 11) is 0. The summed E-state index contributed by atoms with van der Waals surface area (Å²) in [6, 6.07) is 10.9. The molecule has 0 bridgehead atoms. The quantitative estimate of drug-likeness (QED) is 0.609. The van der Waals surface area contributed by atoms with Crippen LogP contribution in [-0.2, 0) is 16.1 Å². The fourth-order valence-electron chi connectivity index (χ4n) is 2.58. The van der Waals surface area contributed by atoms with E-state index in [0.29, 0.717) is 26.4 Å². The van der Waals surface area contributed by atoms with Crippen LogP contribution < -0.4 is 10.1 Å². The van der Waals surface area contributed by atoms with Crippen LogP contribution >= 0.6 is 34.8 Å². The highest BCUT2D eigenvalue weighted by molar-refractivity contribution is 6.35. The van der Waals surface area contributed by atoms with Crippen molar-refractivity contribution < 1.29 is 14.3 Å². The Hall–Kier alpha value is -1.95. The van der Waals surface area contributed by atoms with Crippen LogP contribution in [0.1, 0.15) is 26.3 Å². The molecule has 8 heteroatoms. The van der Waals surface area contributed by atoms with Gasteiger partial charge in [0.25, 0.3) is 5.91 Å². The molecule has 0 aliphatic carbocycles. The minimum absolute atomic E-state index is 0.0497. The van der Waals surface area contributed by atoms with Gasteiger partial charge < -0.3 is 15.0 Å². The lowest BCUT2D eigenvalue weighted by Crippen LogP contribution is -2.50. The van der Waals surface area contributed by atoms with E-state index in [0.717, 1.165) is 0 Å². The van der Waals surface area contributed by atoms with Gasteiger partial charge in [0.05, 0.1) is 0 Å². The predicted octanol–water partition coefficient (Wildman–Crippen LogP) is 4.97. The summed E-state index contributed by atoms with van der Waals surface area (Å²) >= 11 is 18.1. The zero-order valence-electron chi connectivity index (χ0n) is 16.4.